The maximum atomic E-state index is 12.6. The Balaban J connectivity index is 1.48. The zero-order valence-corrected chi connectivity index (χ0v) is 17.6. The van der Waals surface area contributed by atoms with Crippen molar-refractivity contribution >= 4 is 27.9 Å². The molecular formula is C23H23N3O5. The predicted molar refractivity (Wildman–Crippen MR) is 117 cm³/mol. The van der Waals surface area contributed by atoms with Crippen LogP contribution in [0.25, 0.3) is 22.0 Å². The van der Waals surface area contributed by atoms with Crippen LogP contribution in [0.3, 0.4) is 0 Å². The molecule has 2 heterocycles. The summed E-state index contributed by atoms with van der Waals surface area (Å²) in [6.45, 7) is 2.20. The fourth-order valence-electron chi connectivity index (χ4n) is 3.64. The number of aryl methyl sites for hydroxylation is 1. The van der Waals surface area contributed by atoms with E-state index in [2.05, 4.69) is 15.3 Å². The average molecular weight is 421 g/mol. The summed E-state index contributed by atoms with van der Waals surface area (Å²) in [6, 6.07) is 11.3. The molecule has 8 heteroatoms. The van der Waals surface area contributed by atoms with Crippen LogP contribution in [-0.4, -0.2) is 36.6 Å². The van der Waals surface area contributed by atoms with Crippen LogP contribution in [0.2, 0.25) is 0 Å². The van der Waals surface area contributed by atoms with Gasteiger partial charge in [0.15, 0.2) is 11.3 Å². The van der Waals surface area contributed by atoms with Crippen molar-refractivity contribution in [3.05, 3.63) is 63.8 Å². The summed E-state index contributed by atoms with van der Waals surface area (Å²) in [5.74, 6) is 1.35. The Morgan fingerprint density at radius 2 is 1.97 bits per heavy atom. The van der Waals surface area contributed by atoms with Gasteiger partial charge in [-0.15, -0.1) is 0 Å². The predicted octanol–water partition coefficient (Wildman–Crippen LogP) is 2.90. The highest BCUT2D eigenvalue weighted by molar-refractivity contribution is 5.89. The van der Waals surface area contributed by atoms with Gasteiger partial charge in [-0.25, -0.2) is 9.78 Å². The third-order valence-corrected chi connectivity index (χ3v) is 5.26. The van der Waals surface area contributed by atoms with Crippen molar-refractivity contribution in [3.8, 4) is 11.5 Å². The largest absolute Gasteiger partial charge is 0.493 e. The van der Waals surface area contributed by atoms with E-state index in [0.29, 0.717) is 46.6 Å². The summed E-state index contributed by atoms with van der Waals surface area (Å²) < 4.78 is 16.1. The Morgan fingerprint density at radius 3 is 2.71 bits per heavy atom. The number of nitrogens with one attached hydrogen (secondary N) is 2. The van der Waals surface area contributed by atoms with E-state index in [1.165, 1.54) is 14.2 Å². The Morgan fingerprint density at radius 1 is 1.16 bits per heavy atom. The van der Waals surface area contributed by atoms with Gasteiger partial charge < -0.3 is 24.2 Å². The molecule has 31 heavy (non-hydrogen) atoms. The van der Waals surface area contributed by atoms with Gasteiger partial charge in [0.2, 0.25) is 11.7 Å². The minimum absolute atomic E-state index is 0.0709. The van der Waals surface area contributed by atoms with E-state index < -0.39 is 5.63 Å². The van der Waals surface area contributed by atoms with Crippen LogP contribution in [0, 0.1) is 6.92 Å². The number of methoxy groups -OCH3 is 2. The maximum absolute atomic E-state index is 12.6. The summed E-state index contributed by atoms with van der Waals surface area (Å²) in [4.78, 5) is 32.8. The number of ether oxygens (including phenoxy) is 2. The van der Waals surface area contributed by atoms with Gasteiger partial charge in [0.1, 0.15) is 5.82 Å². The van der Waals surface area contributed by atoms with Crippen LogP contribution in [0.5, 0.6) is 11.5 Å². The van der Waals surface area contributed by atoms with Crippen molar-refractivity contribution in [3.63, 3.8) is 0 Å². The molecule has 0 aliphatic rings. The molecule has 0 saturated heterocycles. The lowest BCUT2D eigenvalue weighted by Gasteiger charge is -2.12. The summed E-state index contributed by atoms with van der Waals surface area (Å²) >= 11 is 0. The van der Waals surface area contributed by atoms with Crippen LogP contribution in [-0.2, 0) is 17.6 Å². The Hall–Kier alpha value is -3.81. The van der Waals surface area contributed by atoms with E-state index in [-0.39, 0.29) is 12.3 Å². The molecule has 4 rings (SSSR count). The molecule has 1 amide bonds. The third-order valence-electron chi connectivity index (χ3n) is 5.26. The fraction of sp³-hybridized carbons (Fsp3) is 0.261. The number of amides is 1. The second kappa shape index (κ2) is 8.51. The van der Waals surface area contributed by atoms with Crippen LogP contribution in [0.4, 0.5) is 0 Å². The molecule has 0 aliphatic heterocycles. The number of hydrogen-bond acceptors (Lipinski definition) is 6. The molecule has 2 N–H and O–H groups in total. The molecule has 0 aliphatic carbocycles. The molecule has 2 aromatic heterocycles. The number of benzene rings is 2. The molecule has 0 radical (unpaired) electrons. The molecule has 4 aromatic rings. The summed E-state index contributed by atoms with van der Waals surface area (Å²) in [7, 11) is 2.99. The van der Waals surface area contributed by atoms with Gasteiger partial charge in [0.25, 0.3) is 0 Å². The highest BCUT2D eigenvalue weighted by Crippen LogP contribution is 2.36. The number of nitrogens with zero attached hydrogens (tertiary/aromatic N) is 1. The van der Waals surface area contributed by atoms with Gasteiger partial charge in [-0.2, -0.15) is 0 Å². The van der Waals surface area contributed by atoms with Crippen molar-refractivity contribution in [2.75, 3.05) is 20.8 Å². The number of hydrogen-bond donors (Lipinski definition) is 2. The normalized spacial score (nSPS) is 11.1. The molecule has 160 valence electrons. The van der Waals surface area contributed by atoms with Gasteiger partial charge >= 0.3 is 5.63 Å². The SMILES string of the molecule is COc1ccc2c(C)c(CC(=O)NCCc3nc4ccccc4[nH]3)c(=O)oc2c1OC. The van der Waals surface area contributed by atoms with Gasteiger partial charge in [-0.3, -0.25) is 4.79 Å². The van der Waals surface area contributed by atoms with Crippen LogP contribution < -0.4 is 20.4 Å². The Labute approximate surface area is 178 Å². The van der Waals surface area contributed by atoms with Crippen molar-refractivity contribution in [1.29, 1.82) is 0 Å². The fourth-order valence-corrected chi connectivity index (χ4v) is 3.64. The molecule has 0 unspecified atom stereocenters. The van der Waals surface area contributed by atoms with E-state index in [4.69, 9.17) is 13.9 Å². The zero-order chi connectivity index (χ0) is 22.0. The van der Waals surface area contributed by atoms with Crippen molar-refractivity contribution in [1.82, 2.24) is 15.3 Å². The monoisotopic (exact) mass is 421 g/mol. The van der Waals surface area contributed by atoms with E-state index in [1.54, 1.807) is 19.1 Å². The number of imidazole rings is 1. The first-order valence-corrected chi connectivity index (χ1v) is 9.89. The van der Waals surface area contributed by atoms with E-state index in [0.717, 1.165) is 16.9 Å². The lowest BCUT2D eigenvalue weighted by atomic mass is 10.0. The van der Waals surface area contributed by atoms with E-state index in [1.807, 2.05) is 24.3 Å². The van der Waals surface area contributed by atoms with Crippen molar-refractivity contribution < 1.29 is 18.7 Å². The Bertz CT molecular complexity index is 1290. The topological polar surface area (TPSA) is 106 Å². The quantitative estimate of drug-likeness (QED) is 0.445. The highest BCUT2D eigenvalue weighted by Gasteiger charge is 2.19. The van der Waals surface area contributed by atoms with E-state index in [9.17, 15) is 9.59 Å². The zero-order valence-electron chi connectivity index (χ0n) is 17.6. The molecule has 2 aromatic carbocycles. The maximum Gasteiger partial charge on any atom is 0.340 e. The molecule has 0 saturated carbocycles. The van der Waals surface area contributed by atoms with Crippen molar-refractivity contribution in [2.45, 2.75) is 19.8 Å². The standard InChI is InChI=1S/C23H23N3O5/c1-13-14-8-9-18(29-2)22(30-3)21(14)31-23(28)15(13)12-20(27)24-11-10-19-25-16-6-4-5-7-17(16)26-19/h4-9H,10-12H2,1-3H3,(H,24,27)(H,25,26). The number of carbonyl (C=O) groups is 1. The number of H-pyrrole nitrogens is 1. The number of fused-ring (bicyclic) bond motifs is 2. The lowest BCUT2D eigenvalue weighted by Crippen LogP contribution is -2.29. The average Bonchev–Trinajstić information content (AvgIpc) is 3.18. The number of carbonyl (C=O) groups excluding carboxylic acids is 1. The molecule has 8 nitrogen and oxygen atoms in total. The smallest absolute Gasteiger partial charge is 0.340 e. The summed E-state index contributed by atoms with van der Waals surface area (Å²) in [6.07, 6.45) is 0.487. The highest BCUT2D eigenvalue weighted by atomic mass is 16.5. The third kappa shape index (κ3) is 3.96. The van der Waals surface area contributed by atoms with Crippen LogP contribution >= 0.6 is 0 Å². The first-order chi connectivity index (χ1) is 15.0. The molecule has 0 bridgehead atoms. The summed E-state index contributed by atoms with van der Waals surface area (Å²) in [5.41, 5.74) is 2.59. The second-order valence-corrected chi connectivity index (χ2v) is 7.15. The first-order valence-electron chi connectivity index (χ1n) is 9.89. The Kier molecular flexibility index (Phi) is 5.62. The molecule has 0 fully saturated rings. The minimum Gasteiger partial charge on any atom is -0.493 e. The van der Waals surface area contributed by atoms with Crippen LogP contribution in [0.1, 0.15) is 17.0 Å². The van der Waals surface area contributed by atoms with Gasteiger partial charge in [-0.1, -0.05) is 12.1 Å². The summed E-state index contributed by atoms with van der Waals surface area (Å²) in [5, 5.41) is 3.54. The minimum atomic E-state index is -0.566. The number of rotatable bonds is 7. The van der Waals surface area contributed by atoms with E-state index >= 15 is 0 Å². The van der Waals surface area contributed by atoms with Gasteiger partial charge in [0.05, 0.1) is 37.2 Å². The van der Waals surface area contributed by atoms with Gasteiger partial charge in [0, 0.05) is 18.4 Å². The first kappa shape index (κ1) is 20.5. The molecular weight excluding hydrogens is 398 g/mol. The second-order valence-electron chi connectivity index (χ2n) is 7.15. The lowest BCUT2D eigenvalue weighted by molar-refractivity contribution is -0.120. The number of aromatic nitrogens is 2. The van der Waals surface area contributed by atoms with Crippen LogP contribution in [0.15, 0.2) is 45.6 Å². The number of aromatic amines is 1. The number of para-hydroxylation sites is 2. The van der Waals surface area contributed by atoms with Crippen molar-refractivity contribution in [2.24, 2.45) is 0 Å². The molecule has 0 spiro atoms. The van der Waals surface area contributed by atoms with Gasteiger partial charge in [-0.05, 0) is 36.8 Å². The molecule has 0 atom stereocenters.